The largest absolute Gasteiger partial charge is 0.362 e. The van der Waals surface area contributed by atoms with E-state index in [1.165, 1.54) is 11.3 Å². The maximum absolute atomic E-state index is 11.5. The van der Waals surface area contributed by atoms with Crippen LogP contribution in [0.4, 0.5) is 0 Å². The van der Waals surface area contributed by atoms with E-state index in [0.29, 0.717) is 5.78 Å². The van der Waals surface area contributed by atoms with Crippen molar-refractivity contribution in [3.05, 3.63) is 22.5 Å². The Bertz CT molecular complexity index is 336. The summed E-state index contributed by atoms with van der Waals surface area (Å²) in [4.78, 5) is 14.7. The predicted octanol–water partition coefficient (Wildman–Crippen LogP) is 2.15. The lowest BCUT2D eigenvalue weighted by Gasteiger charge is -2.10. The zero-order chi connectivity index (χ0) is 8.72. The lowest BCUT2D eigenvalue weighted by Crippen LogP contribution is -2.09. The third kappa shape index (κ3) is 0.909. The number of aromatic amines is 1. The second-order valence-corrected chi connectivity index (χ2v) is 3.51. The van der Waals surface area contributed by atoms with Crippen LogP contribution in [0.3, 0.4) is 0 Å². The average molecular weight is 163 g/mol. The molecule has 0 radical (unpaired) electrons. The minimum Gasteiger partial charge on any atom is -0.362 e. The minimum atomic E-state index is 0.318. The van der Waals surface area contributed by atoms with Crippen LogP contribution >= 0.6 is 0 Å². The maximum Gasteiger partial charge on any atom is 0.164 e. The van der Waals surface area contributed by atoms with Crippen LogP contribution in [0.25, 0.3) is 0 Å². The quantitative estimate of drug-likeness (QED) is 0.624. The fourth-order valence-corrected chi connectivity index (χ4v) is 2.07. The number of fused-ring (bicyclic) bond motifs is 1. The highest BCUT2D eigenvalue weighted by atomic mass is 16.1. The Balaban J connectivity index is 2.62. The van der Waals surface area contributed by atoms with E-state index in [-0.39, 0.29) is 0 Å². The molecule has 2 nitrogen and oxygen atoms in total. The van der Waals surface area contributed by atoms with Crippen molar-refractivity contribution in [2.45, 2.75) is 33.1 Å². The van der Waals surface area contributed by atoms with Gasteiger partial charge in [0, 0.05) is 23.4 Å². The molecule has 1 N–H and O–H groups in total. The zero-order valence-electron chi connectivity index (χ0n) is 7.53. The smallest absolute Gasteiger partial charge is 0.164 e. The fraction of sp³-hybridized carbons (Fsp3) is 0.500. The number of carbonyl (C=O) groups excluding carboxylic acids is 1. The summed E-state index contributed by atoms with van der Waals surface area (Å²) in [5, 5.41) is 0. The topological polar surface area (TPSA) is 32.9 Å². The Labute approximate surface area is 72.0 Å². The number of H-pyrrole nitrogens is 1. The lowest BCUT2D eigenvalue weighted by molar-refractivity contribution is 0.0972. The Morgan fingerprint density at radius 2 is 1.92 bits per heavy atom. The SMILES string of the molecule is Cc1[nH]c(C)c2c1CCCC2=O. The van der Waals surface area contributed by atoms with Crippen LogP contribution in [0.2, 0.25) is 0 Å². The summed E-state index contributed by atoms with van der Waals surface area (Å²) in [5.74, 6) is 0.318. The van der Waals surface area contributed by atoms with Gasteiger partial charge in [-0.05, 0) is 32.3 Å². The van der Waals surface area contributed by atoms with Gasteiger partial charge in [0.05, 0.1) is 0 Å². The highest BCUT2D eigenvalue weighted by molar-refractivity contribution is 5.99. The number of rotatable bonds is 0. The van der Waals surface area contributed by atoms with E-state index in [1.54, 1.807) is 0 Å². The van der Waals surface area contributed by atoms with Crippen molar-refractivity contribution < 1.29 is 4.79 Å². The van der Waals surface area contributed by atoms with Crippen molar-refractivity contribution in [2.24, 2.45) is 0 Å². The number of carbonyl (C=O) groups is 1. The van der Waals surface area contributed by atoms with E-state index < -0.39 is 0 Å². The number of nitrogens with one attached hydrogen (secondary N) is 1. The van der Waals surface area contributed by atoms with Crippen LogP contribution in [0.15, 0.2) is 0 Å². The molecule has 0 atom stereocenters. The molecule has 1 aromatic heterocycles. The van der Waals surface area contributed by atoms with E-state index in [2.05, 4.69) is 4.98 Å². The van der Waals surface area contributed by atoms with E-state index in [9.17, 15) is 4.79 Å². The van der Waals surface area contributed by atoms with Crippen LogP contribution in [-0.4, -0.2) is 10.8 Å². The first-order chi connectivity index (χ1) is 5.70. The summed E-state index contributed by atoms with van der Waals surface area (Å²) in [7, 11) is 0. The Kier molecular flexibility index (Phi) is 1.56. The van der Waals surface area contributed by atoms with Gasteiger partial charge in [0.25, 0.3) is 0 Å². The summed E-state index contributed by atoms with van der Waals surface area (Å²) < 4.78 is 0. The lowest BCUT2D eigenvalue weighted by atomic mass is 9.91. The number of hydrogen-bond donors (Lipinski definition) is 1. The van der Waals surface area contributed by atoms with Gasteiger partial charge in [0.2, 0.25) is 0 Å². The van der Waals surface area contributed by atoms with Gasteiger partial charge in [0.15, 0.2) is 5.78 Å². The van der Waals surface area contributed by atoms with E-state index in [1.807, 2.05) is 13.8 Å². The summed E-state index contributed by atoms with van der Waals surface area (Å²) in [6.45, 7) is 4.03. The third-order valence-electron chi connectivity index (χ3n) is 2.61. The van der Waals surface area contributed by atoms with Gasteiger partial charge in [0.1, 0.15) is 0 Å². The molecular formula is C10H13NO. The van der Waals surface area contributed by atoms with Crippen LogP contribution in [0, 0.1) is 13.8 Å². The summed E-state index contributed by atoms with van der Waals surface area (Å²) in [6, 6.07) is 0. The first-order valence-electron chi connectivity index (χ1n) is 4.41. The van der Waals surface area contributed by atoms with Crippen LogP contribution in [-0.2, 0) is 6.42 Å². The molecule has 12 heavy (non-hydrogen) atoms. The van der Waals surface area contributed by atoms with E-state index in [4.69, 9.17) is 0 Å². The molecule has 0 spiro atoms. The molecule has 2 rings (SSSR count). The maximum atomic E-state index is 11.5. The van der Waals surface area contributed by atoms with Gasteiger partial charge in [-0.1, -0.05) is 0 Å². The van der Waals surface area contributed by atoms with Crippen LogP contribution < -0.4 is 0 Å². The first-order valence-corrected chi connectivity index (χ1v) is 4.41. The van der Waals surface area contributed by atoms with Crippen molar-refractivity contribution in [1.29, 1.82) is 0 Å². The normalized spacial score (nSPS) is 16.3. The summed E-state index contributed by atoms with van der Waals surface area (Å²) in [5.41, 5.74) is 4.45. The molecule has 1 heterocycles. The number of hydrogen-bond acceptors (Lipinski definition) is 1. The molecule has 0 saturated carbocycles. The molecule has 1 aliphatic rings. The van der Waals surface area contributed by atoms with Crippen LogP contribution in [0.1, 0.15) is 40.2 Å². The molecular weight excluding hydrogens is 150 g/mol. The predicted molar refractivity (Wildman–Crippen MR) is 47.5 cm³/mol. The monoisotopic (exact) mass is 163 g/mol. The first kappa shape index (κ1) is 7.59. The Morgan fingerprint density at radius 1 is 1.17 bits per heavy atom. The Morgan fingerprint density at radius 3 is 2.58 bits per heavy atom. The standard InChI is InChI=1S/C10H13NO/c1-6-8-4-3-5-9(12)10(8)7(2)11-6/h11H,3-5H2,1-2H3. The molecule has 0 saturated heterocycles. The van der Waals surface area contributed by atoms with Crippen molar-refractivity contribution in [2.75, 3.05) is 0 Å². The van der Waals surface area contributed by atoms with Crippen molar-refractivity contribution in [3.8, 4) is 0 Å². The molecule has 0 amide bonds. The molecule has 64 valence electrons. The van der Waals surface area contributed by atoms with Crippen molar-refractivity contribution >= 4 is 5.78 Å². The van der Waals surface area contributed by atoms with Gasteiger partial charge in [-0.3, -0.25) is 4.79 Å². The molecule has 0 aliphatic heterocycles. The highest BCUT2D eigenvalue weighted by Crippen LogP contribution is 2.26. The van der Waals surface area contributed by atoms with E-state index >= 15 is 0 Å². The van der Waals surface area contributed by atoms with Crippen LogP contribution in [0.5, 0.6) is 0 Å². The van der Waals surface area contributed by atoms with Gasteiger partial charge in [-0.15, -0.1) is 0 Å². The number of aromatic nitrogens is 1. The second kappa shape index (κ2) is 2.47. The number of ketones is 1. The van der Waals surface area contributed by atoms with Gasteiger partial charge in [-0.25, -0.2) is 0 Å². The van der Waals surface area contributed by atoms with Gasteiger partial charge < -0.3 is 4.98 Å². The van der Waals surface area contributed by atoms with E-state index in [0.717, 1.165) is 30.5 Å². The molecule has 0 unspecified atom stereocenters. The molecule has 2 heteroatoms. The molecule has 0 bridgehead atoms. The zero-order valence-corrected chi connectivity index (χ0v) is 7.53. The number of aryl methyl sites for hydroxylation is 2. The fourth-order valence-electron chi connectivity index (χ4n) is 2.07. The minimum absolute atomic E-state index is 0.318. The van der Waals surface area contributed by atoms with Gasteiger partial charge in [-0.2, -0.15) is 0 Å². The highest BCUT2D eigenvalue weighted by Gasteiger charge is 2.22. The summed E-state index contributed by atoms with van der Waals surface area (Å²) >= 11 is 0. The molecule has 1 aliphatic carbocycles. The second-order valence-electron chi connectivity index (χ2n) is 3.51. The summed E-state index contributed by atoms with van der Waals surface area (Å²) in [6.07, 6.45) is 2.81. The molecule has 1 aromatic rings. The number of Topliss-reactive ketones (excluding diaryl/α,β-unsaturated/α-hetero) is 1. The molecule has 0 fully saturated rings. The van der Waals surface area contributed by atoms with Crippen molar-refractivity contribution in [1.82, 2.24) is 4.98 Å². The van der Waals surface area contributed by atoms with Crippen molar-refractivity contribution in [3.63, 3.8) is 0 Å². The Hall–Kier alpha value is -1.05. The average Bonchev–Trinajstić information content (AvgIpc) is 2.29. The van der Waals surface area contributed by atoms with Gasteiger partial charge >= 0.3 is 0 Å². The molecule has 0 aromatic carbocycles. The third-order valence-corrected chi connectivity index (χ3v) is 2.61.